The Bertz CT molecular complexity index is 628. The van der Waals surface area contributed by atoms with Crippen LogP contribution in [0.5, 0.6) is 0 Å². The number of hydrogen-bond donors (Lipinski definition) is 2. The average Bonchev–Trinajstić information content (AvgIpc) is 2.57. The first-order valence-electron chi connectivity index (χ1n) is 5.59. The maximum Gasteiger partial charge on any atom is 0.125 e. The molecule has 0 radical (unpaired) electrons. The average molecular weight is 246 g/mol. The molecule has 0 saturated heterocycles. The van der Waals surface area contributed by atoms with Crippen LogP contribution in [0.3, 0.4) is 0 Å². The predicted octanol–water partition coefficient (Wildman–Crippen LogP) is 2.22. The summed E-state index contributed by atoms with van der Waals surface area (Å²) >= 11 is 0. The lowest BCUT2D eigenvalue weighted by molar-refractivity contribution is 0.626. The zero-order chi connectivity index (χ0) is 13.4. The van der Waals surface area contributed by atoms with Crippen molar-refractivity contribution in [2.75, 3.05) is 0 Å². The first kappa shape index (κ1) is 12.3. The smallest absolute Gasteiger partial charge is 0.125 e. The van der Waals surface area contributed by atoms with Crippen molar-refractivity contribution >= 4 is 5.84 Å². The van der Waals surface area contributed by atoms with Crippen molar-refractivity contribution in [1.82, 2.24) is 9.78 Å². The first-order valence-corrected chi connectivity index (χ1v) is 5.59. The van der Waals surface area contributed by atoms with Gasteiger partial charge in [-0.05, 0) is 44.5 Å². The van der Waals surface area contributed by atoms with Gasteiger partial charge in [0, 0.05) is 11.3 Å². The van der Waals surface area contributed by atoms with Crippen molar-refractivity contribution in [3.8, 4) is 5.69 Å². The summed E-state index contributed by atoms with van der Waals surface area (Å²) in [5.74, 6) is -0.586. The van der Waals surface area contributed by atoms with Crippen LogP contribution in [0.4, 0.5) is 4.39 Å². The predicted molar refractivity (Wildman–Crippen MR) is 68.7 cm³/mol. The summed E-state index contributed by atoms with van der Waals surface area (Å²) in [6, 6.07) is 4.18. The van der Waals surface area contributed by atoms with E-state index in [9.17, 15) is 4.39 Å². The Hall–Kier alpha value is -2.17. The highest BCUT2D eigenvalue weighted by molar-refractivity contribution is 5.98. The van der Waals surface area contributed by atoms with Crippen LogP contribution < -0.4 is 5.73 Å². The van der Waals surface area contributed by atoms with Gasteiger partial charge in [-0.3, -0.25) is 5.41 Å². The summed E-state index contributed by atoms with van der Waals surface area (Å²) in [7, 11) is 0. The molecule has 0 atom stereocenters. The Kier molecular flexibility index (Phi) is 2.90. The molecule has 5 heteroatoms. The van der Waals surface area contributed by atoms with E-state index in [1.165, 1.54) is 12.1 Å². The Morgan fingerprint density at radius 3 is 2.50 bits per heavy atom. The second kappa shape index (κ2) is 4.25. The van der Waals surface area contributed by atoms with Crippen LogP contribution >= 0.6 is 0 Å². The zero-order valence-corrected chi connectivity index (χ0v) is 10.6. The first-order chi connectivity index (χ1) is 8.41. The normalized spacial score (nSPS) is 10.7. The van der Waals surface area contributed by atoms with Gasteiger partial charge in [0.2, 0.25) is 0 Å². The summed E-state index contributed by atoms with van der Waals surface area (Å²) in [6.07, 6.45) is 0. The number of nitrogen functional groups attached to an aromatic ring is 1. The van der Waals surface area contributed by atoms with Gasteiger partial charge in [0.15, 0.2) is 0 Å². The number of rotatable bonds is 2. The minimum atomic E-state index is -0.415. The molecule has 0 aliphatic carbocycles. The molecule has 1 aromatic heterocycles. The maximum absolute atomic E-state index is 13.2. The Labute approximate surface area is 105 Å². The molecular weight excluding hydrogens is 231 g/mol. The Morgan fingerprint density at radius 1 is 1.33 bits per heavy atom. The summed E-state index contributed by atoms with van der Waals surface area (Å²) in [5, 5.41) is 11.9. The fourth-order valence-corrected chi connectivity index (χ4v) is 1.86. The minimum absolute atomic E-state index is 0.172. The second-order valence-corrected chi connectivity index (χ2v) is 4.28. The number of nitrogens with two attached hydrogens (primary N) is 1. The number of amidine groups is 1. The van der Waals surface area contributed by atoms with Crippen LogP contribution in [0.1, 0.15) is 22.5 Å². The van der Waals surface area contributed by atoms with Crippen molar-refractivity contribution in [3.05, 3.63) is 46.5 Å². The van der Waals surface area contributed by atoms with Gasteiger partial charge in [-0.25, -0.2) is 9.07 Å². The highest BCUT2D eigenvalue weighted by Crippen LogP contribution is 2.20. The third-order valence-corrected chi connectivity index (χ3v) is 3.13. The molecule has 0 unspecified atom stereocenters. The van der Waals surface area contributed by atoms with E-state index >= 15 is 0 Å². The third-order valence-electron chi connectivity index (χ3n) is 3.13. The molecule has 3 N–H and O–H groups in total. The lowest BCUT2D eigenvalue weighted by Crippen LogP contribution is -2.16. The molecule has 0 aliphatic heterocycles. The topological polar surface area (TPSA) is 67.7 Å². The standard InChI is InChI=1S/C13H15FN4/c1-7-8(2)17-18(9(7)3)12-5-4-10(14)6-11(12)13(15)16/h4-6H,1-3H3,(H3,15,16). The molecule has 1 aromatic carbocycles. The highest BCUT2D eigenvalue weighted by Gasteiger charge is 2.14. The van der Waals surface area contributed by atoms with E-state index < -0.39 is 5.82 Å². The van der Waals surface area contributed by atoms with E-state index in [1.807, 2.05) is 20.8 Å². The van der Waals surface area contributed by atoms with Gasteiger partial charge < -0.3 is 5.73 Å². The van der Waals surface area contributed by atoms with Crippen LogP contribution in [0.25, 0.3) is 5.69 Å². The fourth-order valence-electron chi connectivity index (χ4n) is 1.86. The lowest BCUT2D eigenvalue weighted by Gasteiger charge is -2.10. The van der Waals surface area contributed by atoms with Crippen molar-refractivity contribution in [1.29, 1.82) is 5.41 Å². The molecular formula is C13H15FN4. The van der Waals surface area contributed by atoms with Gasteiger partial charge in [-0.2, -0.15) is 5.10 Å². The molecule has 0 bridgehead atoms. The van der Waals surface area contributed by atoms with Gasteiger partial charge in [-0.15, -0.1) is 0 Å². The monoisotopic (exact) mass is 246 g/mol. The highest BCUT2D eigenvalue weighted by atomic mass is 19.1. The van der Waals surface area contributed by atoms with Gasteiger partial charge in [0.05, 0.1) is 11.4 Å². The van der Waals surface area contributed by atoms with Gasteiger partial charge in [0.25, 0.3) is 0 Å². The van der Waals surface area contributed by atoms with Crippen molar-refractivity contribution in [3.63, 3.8) is 0 Å². The number of aromatic nitrogens is 2. The van der Waals surface area contributed by atoms with E-state index in [0.717, 1.165) is 17.0 Å². The number of aryl methyl sites for hydroxylation is 1. The molecule has 0 fully saturated rings. The van der Waals surface area contributed by atoms with Crippen molar-refractivity contribution in [2.24, 2.45) is 5.73 Å². The number of halogens is 1. The third kappa shape index (κ3) is 1.88. The molecule has 2 aromatic rings. The summed E-state index contributed by atoms with van der Waals surface area (Å²) < 4.78 is 14.9. The number of hydrogen-bond acceptors (Lipinski definition) is 2. The molecule has 0 saturated carbocycles. The van der Waals surface area contributed by atoms with Crippen molar-refractivity contribution in [2.45, 2.75) is 20.8 Å². The summed E-state index contributed by atoms with van der Waals surface area (Å²) in [5.41, 5.74) is 9.41. The van der Waals surface area contributed by atoms with Gasteiger partial charge in [0.1, 0.15) is 11.7 Å². The molecule has 2 rings (SSSR count). The molecule has 0 aliphatic rings. The minimum Gasteiger partial charge on any atom is -0.384 e. The molecule has 1 heterocycles. The SMILES string of the molecule is Cc1nn(-c2ccc(F)cc2C(=N)N)c(C)c1C. The summed E-state index contributed by atoms with van der Waals surface area (Å²) in [6.45, 7) is 5.82. The zero-order valence-electron chi connectivity index (χ0n) is 10.6. The Balaban J connectivity index is 2.71. The molecule has 0 spiro atoms. The number of nitrogens with one attached hydrogen (secondary N) is 1. The molecule has 4 nitrogen and oxygen atoms in total. The largest absolute Gasteiger partial charge is 0.384 e. The van der Waals surface area contributed by atoms with Crippen molar-refractivity contribution < 1.29 is 4.39 Å². The molecule has 0 amide bonds. The maximum atomic E-state index is 13.2. The molecule has 94 valence electrons. The van der Waals surface area contributed by atoms with Crippen LogP contribution in [0, 0.1) is 32.0 Å². The molecule has 18 heavy (non-hydrogen) atoms. The Morgan fingerprint density at radius 2 is 2.00 bits per heavy atom. The van der Waals surface area contributed by atoms with Crippen LogP contribution in [0.15, 0.2) is 18.2 Å². The summed E-state index contributed by atoms with van der Waals surface area (Å²) in [4.78, 5) is 0. The van der Waals surface area contributed by atoms with E-state index in [1.54, 1.807) is 10.7 Å². The van der Waals surface area contributed by atoms with Gasteiger partial charge in [-0.1, -0.05) is 0 Å². The van der Waals surface area contributed by atoms with E-state index in [0.29, 0.717) is 11.3 Å². The fraction of sp³-hybridized carbons (Fsp3) is 0.231. The number of nitrogens with zero attached hydrogens (tertiary/aromatic N) is 2. The van der Waals surface area contributed by atoms with E-state index in [4.69, 9.17) is 11.1 Å². The van der Waals surface area contributed by atoms with E-state index in [2.05, 4.69) is 5.10 Å². The van der Waals surface area contributed by atoms with Crippen LogP contribution in [-0.2, 0) is 0 Å². The quantitative estimate of drug-likeness (QED) is 0.630. The van der Waals surface area contributed by atoms with Crippen LogP contribution in [-0.4, -0.2) is 15.6 Å². The lowest BCUT2D eigenvalue weighted by atomic mass is 10.1. The van der Waals surface area contributed by atoms with Gasteiger partial charge >= 0.3 is 0 Å². The van der Waals surface area contributed by atoms with E-state index in [-0.39, 0.29) is 5.84 Å². The second-order valence-electron chi connectivity index (χ2n) is 4.28. The van der Waals surface area contributed by atoms with Crippen LogP contribution in [0.2, 0.25) is 0 Å². The number of benzene rings is 1.